The van der Waals surface area contributed by atoms with Crippen molar-refractivity contribution in [3.8, 4) is 5.75 Å². The van der Waals surface area contributed by atoms with Crippen molar-refractivity contribution in [3.05, 3.63) is 63.1 Å². The maximum absolute atomic E-state index is 11.8. The summed E-state index contributed by atoms with van der Waals surface area (Å²) in [7, 11) is 0. The van der Waals surface area contributed by atoms with Crippen molar-refractivity contribution in [3.63, 3.8) is 0 Å². The first-order chi connectivity index (χ1) is 9.06. The van der Waals surface area contributed by atoms with Crippen molar-refractivity contribution >= 4 is 40.8 Å². The van der Waals surface area contributed by atoms with Gasteiger partial charge in [-0.3, -0.25) is 4.79 Å². The molecule has 0 N–H and O–H groups in total. The zero-order valence-electron chi connectivity index (χ0n) is 9.70. The predicted molar refractivity (Wildman–Crippen MR) is 77.3 cm³/mol. The first-order valence-corrected chi connectivity index (χ1v) is 6.59. The number of hydrogen-bond acceptors (Lipinski definition) is 2. The van der Waals surface area contributed by atoms with Crippen LogP contribution in [-0.4, -0.2) is 5.97 Å². The number of esters is 1. The lowest BCUT2D eigenvalue weighted by molar-refractivity contribution is -0.133. The highest BCUT2D eigenvalue weighted by Gasteiger charge is 2.14. The number of benzene rings is 2. The summed E-state index contributed by atoms with van der Waals surface area (Å²) in [6.45, 7) is 0. The third-order valence-corrected chi connectivity index (χ3v) is 3.15. The molecule has 0 spiro atoms. The third-order valence-electron chi connectivity index (χ3n) is 2.37. The third kappa shape index (κ3) is 3.87. The van der Waals surface area contributed by atoms with Crippen molar-refractivity contribution in [2.24, 2.45) is 0 Å². The number of carbonyl (C=O) groups excluding carboxylic acids is 1. The van der Waals surface area contributed by atoms with Gasteiger partial charge < -0.3 is 4.74 Å². The molecule has 0 saturated heterocycles. The van der Waals surface area contributed by atoms with Gasteiger partial charge in [0, 0.05) is 5.02 Å². The van der Waals surface area contributed by atoms with Gasteiger partial charge in [-0.15, -0.1) is 0 Å². The lowest BCUT2D eigenvalue weighted by Crippen LogP contribution is -2.11. The minimum atomic E-state index is -0.433. The molecule has 2 rings (SSSR count). The molecule has 0 heterocycles. The number of hydrogen-bond donors (Lipinski definition) is 0. The molecule has 0 atom stereocenters. The Bertz CT molecular complexity index is 574. The van der Waals surface area contributed by atoms with E-state index in [1.54, 1.807) is 0 Å². The van der Waals surface area contributed by atoms with Crippen LogP contribution in [-0.2, 0) is 11.2 Å². The largest absolute Gasteiger partial charge is 0.423 e. The fourth-order valence-electron chi connectivity index (χ4n) is 1.54. The van der Waals surface area contributed by atoms with Crippen molar-refractivity contribution in [2.75, 3.05) is 0 Å². The average molecular weight is 316 g/mol. The molecule has 0 fully saturated rings. The van der Waals surface area contributed by atoms with E-state index in [0.29, 0.717) is 5.02 Å². The molecule has 0 aliphatic heterocycles. The maximum atomic E-state index is 11.8. The van der Waals surface area contributed by atoms with E-state index in [4.69, 9.17) is 39.5 Å². The van der Waals surface area contributed by atoms with E-state index < -0.39 is 5.97 Å². The lowest BCUT2D eigenvalue weighted by atomic mass is 10.2. The molecule has 0 bridgehead atoms. The Balaban J connectivity index is 2.12. The molecule has 0 saturated carbocycles. The van der Waals surface area contributed by atoms with E-state index in [0.717, 1.165) is 5.56 Å². The van der Waals surface area contributed by atoms with E-state index in [1.807, 2.05) is 30.3 Å². The summed E-state index contributed by atoms with van der Waals surface area (Å²) in [5.41, 5.74) is 0.855. The van der Waals surface area contributed by atoms with Crippen LogP contribution in [0.25, 0.3) is 0 Å². The van der Waals surface area contributed by atoms with Gasteiger partial charge in [-0.2, -0.15) is 0 Å². The lowest BCUT2D eigenvalue weighted by Gasteiger charge is -2.08. The summed E-state index contributed by atoms with van der Waals surface area (Å²) < 4.78 is 5.17. The summed E-state index contributed by atoms with van der Waals surface area (Å²) in [4.78, 5) is 11.8. The molecule has 0 aliphatic rings. The monoisotopic (exact) mass is 314 g/mol. The summed E-state index contributed by atoms with van der Waals surface area (Å²) in [5, 5.41) is 0.802. The van der Waals surface area contributed by atoms with Gasteiger partial charge in [0.1, 0.15) is 0 Å². The molecular formula is C14H9Cl3O2. The normalized spacial score (nSPS) is 10.3. The van der Waals surface area contributed by atoms with E-state index in [-0.39, 0.29) is 22.2 Å². The van der Waals surface area contributed by atoms with Crippen molar-refractivity contribution in [1.29, 1.82) is 0 Å². The minimum Gasteiger partial charge on any atom is -0.423 e. The first kappa shape index (κ1) is 14.2. The average Bonchev–Trinajstić information content (AvgIpc) is 2.35. The Morgan fingerprint density at radius 1 is 1.00 bits per heavy atom. The van der Waals surface area contributed by atoms with E-state index in [9.17, 15) is 4.79 Å². The Hall–Kier alpha value is -1.22. The minimum absolute atomic E-state index is 0.133. The second kappa shape index (κ2) is 6.29. The molecule has 2 nitrogen and oxygen atoms in total. The van der Waals surface area contributed by atoms with Gasteiger partial charge in [0.05, 0.1) is 16.5 Å². The number of rotatable bonds is 3. The zero-order chi connectivity index (χ0) is 13.8. The molecule has 0 aromatic heterocycles. The fourth-order valence-corrected chi connectivity index (χ4v) is 2.43. The van der Waals surface area contributed by atoms with Gasteiger partial charge in [-0.25, -0.2) is 0 Å². The van der Waals surface area contributed by atoms with Crippen LogP contribution in [0.3, 0.4) is 0 Å². The highest BCUT2D eigenvalue weighted by molar-refractivity contribution is 6.40. The summed E-state index contributed by atoms with van der Waals surface area (Å²) in [6, 6.07) is 12.2. The van der Waals surface area contributed by atoms with E-state index in [1.165, 1.54) is 12.1 Å². The van der Waals surface area contributed by atoms with E-state index >= 15 is 0 Å². The van der Waals surface area contributed by atoms with Crippen LogP contribution in [0.2, 0.25) is 15.1 Å². The van der Waals surface area contributed by atoms with Crippen molar-refractivity contribution in [1.82, 2.24) is 0 Å². The van der Waals surface area contributed by atoms with Crippen LogP contribution >= 0.6 is 34.8 Å². The van der Waals surface area contributed by atoms with Crippen LogP contribution in [0, 0.1) is 0 Å². The van der Waals surface area contributed by atoms with Gasteiger partial charge in [-0.1, -0.05) is 65.1 Å². The Kier molecular flexibility index (Phi) is 4.70. The smallest absolute Gasteiger partial charge is 0.315 e. The van der Waals surface area contributed by atoms with Gasteiger partial charge >= 0.3 is 5.97 Å². The van der Waals surface area contributed by atoms with Crippen LogP contribution in [0.1, 0.15) is 5.56 Å². The molecule has 2 aromatic carbocycles. The van der Waals surface area contributed by atoms with Crippen molar-refractivity contribution in [2.45, 2.75) is 6.42 Å². The number of halogens is 3. The topological polar surface area (TPSA) is 26.3 Å². The summed E-state index contributed by atoms with van der Waals surface area (Å²) in [6.07, 6.45) is 0.149. The van der Waals surface area contributed by atoms with Gasteiger partial charge in [0.2, 0.25) is 0 Å². The van der Waals surface area contributed by atoms with Crippen LogP contribution in [0.4, 0.5) is 0 Å². The van der Waals surface area contributed by atoms with Gasteiger partial charge in [0.25, 0.3) is 0 Å². The van der Waals surface area contributed by atoms with Gasteiger partial charge in [-0.05, 0) is 17.7 Å². The molecule has 19 heavy (non-hydrogen) atoms. The summed E-state index contributed by atoms with van der Waals surface area (Å²) >= 11 is 17.7. The number of ether oxygens (including phenoxy) is 1. The second-order valence-electron chi connectivity index (χ2n) is 3.84. The molecule has 0 radical (unpaired) electrons. The van der Waals surface area contributed by atoms with Crippen LogP contribution in [0.15, 0.2) is 42.5 Å². The van der Waals surface area contributed by atoms with Crippen molar-refractivity contribution < 1.29 is 9.53 Å². The molecule has 5 heteroatoms. The Morgan fingerprint density at radius 3 is 2.16 bits per heavy atom. The Morgan fingerprint density at radius 2 is 1.58 bits per heavy atom. The fraction of sp³-hybridized carbons (Fsp3) is 0.0714. The Labute approximate surface area is 125 Å². The molecule has 0 aliphatic carbocycles. The molecule has 0 amide bonds. The molecule has 0 unspecified atom stereocenters. The standard InChI is InChI=1S/C14H9Cl3O2/c15-10-7-11(16)14(12(17)8-10)19-13(18)6-9-4-2-1-3-5-9/h1-5,7-8H,6H2. The highest BCUT2D eigenvalue weighted by Crippen LogP contribution is 2.35. The van der Waals surface area contributed by atoms with Gasteiger partial charge in [0.15, 0.2) is 5.75 Å². The second-order valence-corrected chi connectivity index (χ2v) is 5.09. The van der Waals surface area contributed by atoms with E-state index in [2.05, 4.69) is 0 Å². The quantitative estimate of drug-likeness (QED) is 0.601. The predicted octanol–water partition coefficient (Wildman–Crippen LogP) is 4.79. The zero-order valence-corrected chi connectivity index (χ0v) is 12.0. The highest BCUT2D eigenvalue weighted by atomic mass is 35.5. The van der Waals surface area contributed by atoms with Crippen LogP contribution < -0.4 is 4.74 Å². The maximum Gasteiger partial charge on any atom is 0.315 e. The SMILES string of the molecule is O=C(Cc1ccccc1)Oc1c(Cl)cc(Cl)cc1Cl. The first-order valence-electron chi connectivity index (χ1n) is 5.45. The van der Waals surface area contributed by atoms with Crippen LogP contribution in [0.5, 0.6) is 5.75 Å². The summed E-state index contributed by atoms with van der Waals surface area (Å²) in [5.74, 6) is -0.300. The number of carbonyl (C=O) groups is 1. The molecular weight excluding hydrogens is 307 g/mol. The molecule has 2 aromatic rings. The molecule has 98 valence electrons.